The average Bonchev–Trinajstić information content (AvgIpc) is 3.15. The molecule has 0 spiro atoms. The predicted octanol–water partition coefficient (Wildman–Crippen LogP) is 2.24. The van der Waals surface area contributed by atoms with Crippen LogP contribution in [0, 0.1) is 0 Å². The highest BCUT2D eigenvalue weighted by Crippen LogP contribution is 2.33. The number of carbonyl (C=O) groups excluding carboxylic acids is 2. The van der Waals surface area contributed by atoms with E-state index in [9.17, 15) is 14.4 Å². The highest BCUT2D eigenvalue weighted by molar-refractivity contribution is 6.06. The van der Waals surface area contributed by atoms with Gasteiger partial charge in [0.2, 0.25) is 5.91 Å². The fourth-order valence-electron chi connectivity index (χ4n) is 4.13. The number of para-hydroxylation sites is 1. The van der Waals surface area contributed by atoms with Crippen LogP contribution in [-0.4, -0.2) is 40.9 Å². The van der Waals surface area contributed by atoms with Crippen LogP contribution in [0.1, 0.15) is 23.0 Å². The lowest BCUT2D eigenvalue weighted by atomic mass is 10.1. The highest BCUT2D eigenvalue weighted by atomic mass is 16.6. The van der Waals surface area contributed by atoms with Crippen molar-refractivity contribution in [1.82, 2.24) is 9.78 Å². The summed E-state index contributed by atoms with van der Waals surface area (Å²) in [7, 11) is 0. The van der Waals surface area contributed by atoms with Crippen LogP contribution in [-0.2, 0) is 17.8 Å². The van der Waals surface area contributed by atoms with E-state index in [4.69, 9.17) is 9.47 Å². The quantitative estimate of drug-likeness (QED) is 0.660. The van der Waals surface area contributed by atoms with Crippen LogP contribution in [0.25, 0.3) is 0 Å². The molecule has 0 saturated carbocycles. The van der Waals surface area contributed by atoms with Gasteiger partial charge in [-0.15, -0.1) is 0 Å². The summed E-state index contributed by atoms with van der Waals surface area (Å²) in [5.74, 6) is 0.391. The van der Waals surface area contributed by atoms with Crippen LogP contribution in [0.15, 0.2) is 59.4 Å². The molecule has 1 atom stereocenters. The summed E-state index contributed by atoms with van der Waals surface area (Å²) < 4.78 is 12.0. The number of carbonyl (C=O) groups is 2. The summed E-state index contributed by atoms with van der Waals surface area (Å²) in [5, 5.41) is 6.91. The molecular weight excluding hydrogens is 424 g/mol. The lowest BCUT2D eigenvalue weighted by molar-refractivity contribution is -0.117. The number of ether oxygens (including phenoxy) is 2. The number of rotatable bonds is 4. The van der Waals surface area contributed by atoms with Gasteiger partial charge in [0.15, 0.2) is 11.5 Å². The minimum absolute atomic E-state index is 0.0319. The molecule has 3 aromatic rings. The maximum Gasteiger partial charge on any atom is 0.278 e. The van der Waals surface area contributed by atoms with Gasteiger partial charge >= 0.3 is 0 Å². The summed E-state index contributed by atoms with van der Waals surface area (Å²) in [4.78, 5) is 39.8. The minimum Gasteiger partial charge on any atom is -0.486 e. The van der Waals surface area contributed by atoms with Gasteiger partial charge in [-0.1, -0.05) is 18.2 Å². The van der Waals surface area contributed by atoms with E-state index in [1.165, 1.54) is 12.1 Å². The monoisotopic (exact) mass is 446 g/mol. The van der Waals surface area contributed by atoms with Crippen molar-refractivity contribution in [3.63, 3.8) is 0 Å². The van der Waals surface area contributed by atoms with Crippen LogP contribution in [0.4, 0.5) is 11.4 Å². The van der Waals surface area contributed by atoms with Crippen molar-refractivity contribution in [1.29, 1.82) is 0 Å². The summed E-state index contributed by atoms with van der Waals surface area (Å²) >= 11 is 0. The Morgan fingerprint density at radius 1 is 1.06 bits per heavy atom. The van der Waals surface area contributed by atoms with E-state index >= 15 is 0 Å². The third kappa shape index (κ3) is 4.05. The molecular formula is C24H22N4O5. The number of nitrogens with zero attached hydrogens (tertiary/aromatic N) is 3. The average molecular weight is 446 g/mol. The van der Waals surface area contributed by atoms with Crippen molar-refractivity contribution in [3.8, 4) is 11.5 Å². The smallest absolute Gasteiger partial charge is 0.278 e. The lowest BCUT2D eigenvalue weighted by Crippen LogP contribution is -2.38. The summed E-state index contributed by atoms with van der Waals surface area (Å²) in [6, 6.07) is 15.4. The topological polar surface area (TPSA) is 103 Å². The van der Waals surface area contributed by atoms with E-state index in [0.717, 1.165) is 22.4 Å². The first-order valence-corrected chi connectivity index (χ1v) is 10.7. The molecule has 0 aliphatic carbocycles. The van der Waals surface area contributed by atoms with Crippen LogP contribution in [0.5, 0.6) is 11.5 Å². The normalized spacial score (nSPS) is 16.3. The van der Waals surface area contributed by atoms with Crippen molar-refractivity contribution < 1.29 is 19.1 Å². The second kappa shape index (κ2) is 8.42. The maximum atomic E-state index is 13.2. The van der Waals surface area contributed by atoms with Gasteiger partial charge in [0.05, 0.1) is 0 Å². The van der Waals surface area contributed by atoms with Crippen molar-refractivity contribution in [2.75, 3.05) is 23.4 Å². The van der Waals surface area contributed by atoms with E-state index in [-0.39, 0.29) is 24.2 Å². The Labute approximate surface area is 189 Å². The zero-order valence-corrected chi connectivity index (χ0v) is 18.0. The molecule has 0 unspecified atom stereocenters. The van der Waals surface area contributed by atoms with Gasteiger partial charge in [0.1, 0.15) is 25.5 Å². The summed E-state index contributed by atoms with van der Waals surface area (Å²) in [6.07, 6.45) is 0.749. The number of hydrogen-bond donors (Lipinski definition) is 1. The van der Waals surface area contributed by atoms with Crippen LogP contribution in [0.3, 0.4) is 0 Å². The van der Waals surface area contributed by atoms with Crippen molar-refractivity contribution in [3.05, 3.63) is 76.2 Å². The molecule has 2 aliphatic rings. The van der Waals surface area contributed by atoms with Gasteiger partial charge in [-0.05, 0) is 43.2 Å². The maximum absolute atomic E-state index is 13.2. The van der Waals surface area contributed by atoms with Gasteiger partial charge in [-0.25, -0.2) is 4.68 Å². The standard InChI is InChI=1S/C24H22N4O5/c1-15-12-16-4-2-3-5-19(16)28(15)24(31)18-7-9-23(30)27(26-18)14-22(29)25-17-6-8-20-21(13-17)33-11-10-32-20/h2-9,13,15H,10-12,14H2,1H3,(H,25,29)/t15-/m1/s1. The number of amides is 2. The number of anilines is 2. The van der Waals surface area contributed by atoms with Crippen molar-refractivity contribution >= 4 is 23.2 Å². The predicted molar refractivity (Wildman–Crippen MR) is 121 cm³/mol. The summed E-state index contributed by atoms with van der Waals surface area (Å²) in [6.45, 7) is 2.55. The van der Waals surface area contributed by atoms with Gasteiger partial charge in [-0.2, -0.15) is 5.10 Å². The Bertz CT molecular complexity index is 1300. The molecule has 9 heteroatoms. The molecule has 33 heavy (non-hydrogen) atoms. The molecule has 0 fully saturated rings. The molecule has 0 bridgehead atoms. The molecule has 5 rings (SSSR count). The number of aromatic nitrogens is 2. The molecule has 168 valence electrons. The fraction of sp³-hybridized carbons (Fsp3) is 0.250. The molecule has 1 aromatic heterocycles. The first-order chi connectivity index (χ1) is 16.0. The largest absolute Gasteiger partial charge is 0.486 e. The van der Waals surface area contributed by atoms with Gasteiger partial charge < -0.3 is 19.7 Å². The first-order valence-electron chi connectivity index (χ1n) is 10.7. The van der Waals surface area contributed by atoms with E-state index in [2.05, 4.69) is 10.4 Å². The van der Waals surface area contributed by atoms with Gasteiger partial charge in [-0.3, -0.25) is 14.4 Å². The second-order valence-electron chi connectivity index (χ2n) is 7.98. The lowest BCUT2D eigenvalue weighted by Gasteiger charge is -2.22. The zero-order chi connectivity index (χ0) is 22.9. The van der Waals surface area contributed by atoms with Crippen LogP contribution in [0.2, 0.25) is 0 Å². The molecule has 1 N–H and O–H groups in total. The summed E-state index contributed by atoms with van der Waals surface area (Å²) in [5.41, 5.74) is 2.06. The van der Waals surface area contributed by atoms with Crippen molar-refractivity contribution in [2.24, 2.45) is 0 Å². The third-order valence-electron chi connectivity index (χ3n) is 5.63. The Hall–Kier alpha value is -4.14. The number of nitrogens with one attached hydrogen (secondary N) is 1. The Morgan fingerprint density at radius 3 is 2.70 bits per heavy atom. The molecule has 2 aromatic carbocycles. The van der Waals surface area contributed by atoms with Crippen LogP contribution < -0.4 is 25.2 Å². The third-order valence-corrected chi connectivity index (χ3v) is 5.63. The number of benzene rings is 2. The van der Waals surface area contributed by atoms with E-state index in [0.29, 0.717) is 30.4 Å². The fourth-order valence-corrected chi connectivity index (χ4v) is 4.13. The first kappa shape index (κ1) is 20.7. The SMILES string of the molecule is C[C@@H]1Cc2ccccc2N1C(=O)c1ccc(=O)n(CC(=O)Nc2ccc3c(c2)OCCO3)n1. The molecule has 2 aliphatic heterocycles. The molecule has 9 nitrogen and oxygen atoms in total. The van der Waals surface area contributed by atoms with E-state index in [1.54, 1.807) is 23.1 Å². The van der Waals surface area contributed by atoms with Crippen molar-refractivity contribution in [2.45, 2.75) is 25.9 Å². The van der Waals surface area contributed by atoms with Gasteiger partial charge in [0.25, 0.3) is 11.5 Å². The van der Waals surface area contributed by atoms with E-state index in [1.807, 2.05) is 31.2 Å². The second-order valence-corrected chi connectivity index (χ2v) is 7.98. The Balaban J connectivity index is 1.33. The highest BCUT2D eigenvalue weighted by Gasteiger charge is 2.32. The number of fused-ring (bicyclic) bond motifs is 2. The number of hydrogen-bond acceptors (Lipinski definition) is 6. The molecule has 0 saturated heterocycles. The molecule has 2 amide bonds. The molecule has 0 radical (unpaired) electrons. The van der Waals surface area contributed by atoms with E-state index < -0.39 is 11.5 Å². The van der Waals surface area contributed by atoms with Crippen LogP contribution >= 0.6 is 0 Å². The zero-order valence-electron chi connectivity index (χ0n) is 18.0. The van der Waals surface area contributed by atoms with Gasteiger partial charge in [0, 0.05) is 29.5 Å². The Kier molecular flexibility index (Phi) is 5.29. The minimum atomic E-state index is -0.473. The Morgan fingerprint density at radius 2 is 1.85 bits per heavy atom. The molecule has 3 heterocycles.